The van der Waals surface area contributed by atoms with Crippen molar-refractivity contribution in [3.8, 4) is 5.75 Å². The van der Waals surface area contributed by atoms with Crippen LogP contribution >= 0.6 is 11.3 Å². The Balaban J connectivity index is 1.50. The zero-order valence-corrected chi connectivity index (χ0v) is 16.2. The van der Waals surface area contributed by atoms with Crippen molar-refractivity contribution < 1.29 is 9.53 Å². The maximum atomic E-state index is 12.9. The molecular formula is C20H25N3O2S. The number of amides is 1. The van der Waals surface area contributed by atoms with Gasteiger partial charge in [-0.1, -0.05) is 6.07 Å². The first-order chi connectivity index (χ1) is 12.6. The highest BCUT2D eigenvalue weighted by Crippen LogP contribution is 2.31. The largest absolute Gasteiger partial charge is 0.497 e. The molecule has 0 unspecified atom stereocenters. The number of aryl methyl sites for hydroxylation is 1. The van der Waals surface area contributed by atoms with Gasteiger partial charge in [-0.25, -0.2) is 4.98 Å². The molecule has 0 radical (unpaired) electrons. The van der Waals surface area contributed by atoms with E-state index in [0.717, 1.165) is 43.9 Å². The number of methoxy groups -OCH3 is 1. The molecule has 5 rings (SSSR count). The van der Waals surface area contributed by atoms with E-state index in [1.165, 1.54) is 11.1 Å². The molecule has 4 heterocycles. The van der Waals surface area contributed by atoms with Crippen molar-refractivity contribution in [2.45, 2.75) is 38.9 Å². The standard InChI is InChI=1S/C20H25N3O2S/c1-14-7-19(25-2)6-4-15(14)8-22-9-16-3-5-18(11-22)23(20(16)24)10-17-12-26-13-21-17/h4,6-7,12-13,16,18H,3,5,8-11H2,1-2H3/t16-,18+/m0/s1. The predicted molar refractivity (Wildman–Crippen MR) is 102 cm³/mol. The molecule has 3 fully saturated rings. The van der Waals surface area contributed by atoms with Crippen molar-refractivity contribution in [3.63, 3.8) is 0 Å². The van der Waals surface area contributed by atoms with Gasteiger partial charge in [-0.15, -0.1) is 11.3 Å². The van der Waals surface area contributed by atoms with Crippen LogP contribution in [0.2, 0.25) is 0 Å². The highest BCUT2D eigenvalue weighted by Gasteiger charge is 2.40. The van der Waals surface area contributed by atoms with Crippen molar-refractivity contribution in [3.05, 3.63) is 45.9 Å². The molecule has 0 spiro atoms. The smallest absolute Gasteiger partial charge is 0.227 e. The molecule has 0 aliphatic carbocycles. The molecule has 2 atom stereocenters. The van der Waals surface area contributed by atoms with Gasteiger partial charge in [0.05, 0.1) is 30.8 Å². The number of ether oxygens (including phenoxy) is 1. The molecule has 3 saturated heterocycles. The van der Waals surface area contributed by atoms with Gasteiger partial charge < -0.3 is 9.64 Å². The summed E-state index contributed by atoms with van der Waals surface area (Å²) in [5.41, 5.74) is 5.40. The molecule has 1 aromatic carbocycles. The first-order valence-electron chi connectivity index (χ1n) is 9.17. The number of aromatic nitrogens is 1. The molecule has 1 amide bonds. The van der Waals surface area contributed by atoms with E-state index in [9.17, 15) is 4.79 Å². The van der Waals surface area contributed by atoms with Gasteiger partial charge in [0.25, 0.3) is 0 Å². The van der Waals surface area contributed by atoms with Crippen molar-refractivity contribution in [2.24, 2.45) is 5.92 Å². The Morgan fingerprint density at radius 2 is 2.15 bits per heavy atom. The Morgan fingerprint density at radius 3 is 2.88 bits per heavy atom. The van der Waals surface area contributed by atoms with Crippen LogP contribution in [-0.4, -0.2) is 46.9 Å². The molecule has 5 nitrogen and oxygen atoms in total. The summed E-state index contributed by atoms with van der Waals surface area (Å²) in [5.74, 6) is 1.32. The van der Waals surface area contributed by atoms with Gasteiger partial charge in [0.1, 0.15) is 5.75 Å². The van der Waals surface area contributed by atoms with Crippen LogP contribution in [0.25, 0.3) is 0 Å². The molecular weight excluding hydrogens is 346 g/mol. The number of thiazole rings is 1. The van der Waals surface area contributed by atoms with E-state index < -0.39 is 0 Å². The topological polar surface area (TPSA) is 45.7 Å². The van der Waals surface area contributed by atoms with Gasteiger partial charge in [0, 0.05) is 31.1 Å². The summed E-state index contributed by atoms with van der Waals surface area (Å²) < 4.78 is 5.31. The fourth-order valence-electron chi connectivity index (χ4n) is 4.17. The fraction of sp³-hybridized carbons (Fsp3) is 0.500. The molecule has 138 valence electrons. The minimum Gasteiger partial charge on any atom is -0.497 e. The van der Waals surface area contributed by atoms with E-state index in [-0.39, 0.29) is 5.92 Å². The summed E-state index contributed by atoms with van der Waals surface area (Å²) in [7, 11) is 1.70. The van der Waals surface area contributed by atoms with Crippen LogP contribution in [0.1, 0.15) is 29.7 Å². The van der Waals surface area contributed by atoms with Crippen molar-refractivity contribution in [2.75, 3.05) is 20.2 Å². The van der Waals surface area contributed by atoms with Crippen LogP contribution in [0.15, 0.2) is 29.1 Å². The Bertz CT molecular complexity index is 777. The summed E-state index contributed by atoms with van der Waals surface area (Å²) in [6.45, 7) is 5.47. The summed E-state index contributed by atoms with van der Waals surface area (Å²) >= 11 is 1.59. The lowest BCUT2D eigenvalue weighted by Gasteiger charge is -2.35. The molecule has 2 aromatic rings. The van der Waals surface area contributed by atoms with Crippen LogP contribution in [0.4, 0.5) is 0 Å². The van der Waals surface area contributed by atoms with Crippen LogP contribution in [0.3, 0.4) is 0 Å². The van der Waals surface area contributed by atoms with E-state index in [0.29, 0.717) is 18.5 Å². The maximum Gasteiger partial charge on any atom is 0.227 e. The minimum absolute atomic E-state index is 0.117. The average molecular weight is 372 g/mol. The maximum absolute atomic E-state index is 12.9. The van der Waals surface area contributed by atoms with E-state index in [2.05, 4.69) is 33.8 Å². The lowest BCUT2D eigenvalue weighted by molar-refractivity contribution is -0.140. The third-order valence-electron chi connectivity index (χ3n) is 5.63. The average Bonchev–Trinajstić information content (AvgIpc) is 3.02. The second-order valence-electron chi connectivity index (χ2n) is 7.36. The Labute approximate surface area is 158 Å². The number of nitrogens with zero attached hydrogens (tertiary/aromatic N) is 3. The first-order valence-corrected chi connectivity index (χ1v) is 10.1. The van der Waals surface area contributed by atoms with Crippen LogP contribution in [0, 0.1) is 12.8 Å². The van der Waals surface area contributed by atoms with Gasteiger partial charge in [-0.2, -0.15) is 0 Å². The number of fused-ring (bicyclic) bond motifs is 4. The van der Waals surface area contributed by atoms with Crippen LogP contribution < -0.4 is 4.74 Å². The lowest BCUT2D eigenvalue weighted by Crippen LogP contribution is -2.47. The monoisotopic (exact) mass is 371 g/mol. The Morgan fingerprint density at radius 1 is 1.27 bits per heavy atom. The van der Waals surface area contributed by atoms with E-state index >= 15 is 0 Å². The molecule has 0 N–H and O–H groups in total. The zero-order valence-electron chi connectivity index (χ0n) is 15.4. The third kappa shape index (κ3) is 3.48. The molecule has 2 bridgehead atoms. The molecule has 1 aromatic heterocycles. The van der Waals surface area contributed by atoms with Gasteiger partial charge in [0.15, 0.2) is 0 Å². The second-order valence-corrected chi connectivity index (χ2v) is 8.08. The zero-order chi connectivity index (χ0) is 18.1. The second kappa shape index (κ2) is 7.37. The molecule has 6 heteroatoms. The van der Waals surface area contributed by atoms with Crippen LogP contribution in [-0.2, 0) is 17.9 Å². The third-order valence-corrected chi connectivity index (χ3v) is 6.26. The van der Waals surface area contributed by atoms with E-state index in [4.69, 9.17) is 4.74 Å². The fourth-order valence-corrected chi connectivity index (χ4v) is 4.72. The van der Waals surface area contributed by atoms with Crippen molar-refractivity contribution >= 4 is 17.2 Å². The quantitative estimate of drug-likeness (QED) is 0.810. The van der Waals surface area contributed by atoms with Crippen molar-refractivity contribution in [1.82, 2.24) is 14.8 Å². The summed E-state index contributed by atoms with van der Waals surface area (Å²) in [6.07, 6.45) is 2.10. The highest BCUT2D eigenvalue weighted by atomic mass is 32.1. The Kier molecular flexibility index (Phi) is 4.96. The SMILES string of the molecule is COc1ccc(CN2C[C@@H]3CC[C@H](C2)N(Cc2cscn2)C3=O)c(C)c1. The number of carbonyl (C=O) groups is 1. The first kappa shape index (κ1) is 17.5. The van der Waals surface area contributed by atoms with Crippen molar-refractivity contribution in [1.29, 1.82) is 0 Å². The normalized spacial score (nSPS) is 23.3. The number of benzene rings is 1. The van der Waals surface area contributed by atoms with Gasteiger partial charge in [-0.3, -0.25) is 9.69 Å². The number of hydrogen-bond acceptors (Lipinski definition) is 5. The number of carbonyl (C=O) groups excluding carboxylic acids is 1. The lowest BCUT2D eigenvalue weighted by atomic mass is 9.94. The minimum atomic E-state index is 0.117. The molecule has 26 heavy (non-hydrogen) atoms. The predicted octanol–water partition coefficient (Wildman–Crippen LogP) is 3.08. The van der Waals surface area contributed by atoms with Gasteiger partial charge >= 0.3 is 0 Å². The molecule has 3 aliphatic rings. The number of hydrogen-bond donors (Lipinski definition) is 0. The molecule has 0 saturated carbocycles. The van der Waals surface area contributed by atoms with Gasteiger partial charge in [-0.05, 0) is 43.0 Å². The van der Waals surface area contributed by atoms with Crippen LogP contribution in [0.5, 0.6) is 5.75 Å². The Hall–Kier alpha value is -1.92. The number of piperidine rings is 1. The summed E-state index contributed by atoms with van der Waals surface area (Å²) in [6, 6.07) is 6.55. The summed E-state index contributed by atoms with van der Waals surface area (Å²) in [5, 5.41) is 2.05. The van der Waals surface area contributed by atoms with Gasteiger partial charge in [0.2, 0.25) is 5.91 Å². The highest BCUT2D eigenvalue weighted by molar-refractivity contribution is 7.07. The van der Waals surface area contributed by atoms with E-state index in [1.807, 2.05) is 17.0 Å². The summed E-state index contributed by atoms with van der Waals surface area (Å²) in [4.78, 5) is 21.8. The van der Waals surface area contributed by atoms with E-state index in [1.54, 1.807) is 18.4 Å². The molecule has 3 aliphatic heterocycles. The number of rotatable bonds is 5.